The summed E-state index contributed by atoms with van der Waals surface area (Å²) in [7, 11) is 0.922. The predicted octanol–water partition coefficient (Wildman–Crippen LogP) is 0.664. The van der Waals surface area contributed by atoms with Gasteiger partial charge in [0.05, 0.1) is 8.77 Å². The Hall–Kier alpha value is -0.0000000000000000555. The maximum atomic E-state index is 5.17. The zero-order valence-corrected chi connectivity index (χ0v) is 7.39. The molecule has 0 aliphatic carbocycles. The lowest BCUT2D eigenvalue weighted by Crippen LogP contribution is -2.14. The van der Waals surface area contributed by atoms with Gasteiger partial charge < -0.3 is 0 Å². The lowest BCUT2D eigenvalue weighted by molar-refractivity contribution is 0.329. The van der Waals surface area contributed by atoms with Crippen molar-refractivity contribution in [2.24, 2.45) is 0 Å². The van der Waals surface area contributed by atoms with Crippen molar-refractivity contribution in [1.29, 1.82) is 0 Å². The van der Waals surface area contributed by atoms with Gasteiger partial charge in [-0.2, -0.15) is 0 Å². The van der Waals surface area contributed by atoms with Gasteiger partial charge in [-0.3, -0.25) is 4.18 Å². The van der Waals surface area contributed by atoms with Crippen molar-refractivity contribution < 1.29 is 4.18 Å². The van der Waals surface area contributed by atoms with E-state index in [0.717, 1.165) is 0 Å². The Kier molecular flexibility index (Phi) is 2.76. The standard InChI is InChI=1S/C6H4OS3/c1-3-5-6(4-2)9-10(8)7-5/h1-2,5-6H. The Bertz CT molecular complexity index is 210. The third kappa shape index (κ3) is 1.53. The van der Waals surface area contributed by atoms with E-state index in [-0.39, 0.29) is 11.4 Å². The fourth-order valence-electron chi connectivity index (χ4n) is 0.523. The highest BCUT2D eigenvalue weighted by Gasteiger charge is 2.29. The van der Waals surface area contributed by atoms with Crippen molar-refractivity contribution in [1.82, 2.24) is 0 Å². The van der Waals surface area contributed by atoms with Crippen LogP contribution in [0.2, 0.25) is 0 Å². The molecule has 0 N–H and O–H groups in total. The van der Waals surface area contributed by atoms with Crippen LogP contribution in [0.25, 0.3) is 0 Å². The molecule has 0 radical (unpaired) electrons. The highest BCUT2D eigenvalue weighted by Crippen LogP contribution is 2.30. The van der Waals surface area contributed by atoms with Gasteiger partial charge in [-0.15, -0.1) is 12.8 Å². The van der Waals surface area contributed by atoms with E-state index in [4.69, 9.17) is 28.2 Å². The van der Waals surface area contributed by atoms with Crippen LogP contribution in [0.15, 0.2) is 0 Å². The fourth-order valence-corrected chi connectivity index (χ4v) is 3.82. The number of rotatable bonds is 0. The maximum Gasteiger partial charge on any atom is 0.157 e. The Morgan fingerprint density at radius 3 is 2.60 bits per heavy atom. The predicted molar refractivity (Wildman–Crippen MR) is 48.6 cm³/mol. The Morgan fingerprint density at radius 2 is 2.20 bits per heavy atom. The van der Waals surface area contributed by atoms with Crippen molar-refractivity contribution in [2.45, 2.75) is 11.4 Å². The van der Waals surface area contributed by atoms with Crippen LogP contribution in [0.5, 0.6) is 0 Å². The molecule has 1 fully saturated rings. The molecule has 0 aromatic carbocycles. The minimum absolute atomic E-state index is 0.0502. The van der Waals surface area contributed by atoms with Crippen LogP contribution in [0.1, 0.15) is 0 Å². The van der Waals surface area contributed by atoms with E-state index in [2.05, 4.69) is 11.8 Å². The molecule has 3 atom stereocenters. The summed E-state index contributed by atoms with van der Waals surface area (Å²) in [5, 5.41) is -0.0502. The maximum absolute atomic E-state index is 5.17. The number of hydrogen-bond acceptors (Lipinski definition) is 3. The summed E-state index contributed by atoms with van der Waals surface area (Å²) in [5.41, 5.74) is 0. The highest BCUT2D eigenvalue weighted by molar-refractivity contribution is 8.81. The van der Waals surface area contributed by atoms with Gasteiger partial charge in [0, 0.05) is 0 Å². The Labute approximate surface area is 71.1 Å². The summed E-state index contributed by atoms with van der Waals surface area (Å²) in [6.07, 6.45) is 10.0. The molecule has 0 saturated carbocycles. The SMILES string of the molecule is C#CC1OS(=S)SC1C#C. The molecule has 0 bridgehead atoms. The molecule has 1 aliphatic heterocycles. The third-order valence-electron chi connectivity index (χ3n) is 0.968. The van der Waals surface area contributed by atoms with Gasteiger partial charge in [-0.1, -0.05) is 11.8 Å². The molecule has 1 aliphatic rings. The second-order valence-corrected chi connectivity index (χ2v) is 5.90. The molecule has 0 amide bonds. The number of hydrogen-bond donors (Lipinski definition) is 0. The minimum atomic E-state index is -0.518. The lowest BCUT2D eigenvalue weighted by atomic mass is 10.3. The van der Waals surface area contributed by atoms with Crippen molar-refractivity contribution >= 4 is 30.7 Å². The molecule has 10 heavy (non-hydrogen) atoms. The Balaban J connectivity index is 2.71. The average molecular weight is 188 g/mol. The monoisotopic (exact) mass is 188 g/mol. The molecule has 4 heteroatoms. The van der Waals surface area contributed by atoms with Crippen LogP contribution < -0.4 is 0 Å². The summed E-state index contributed by atoms with van der Waals surface area (Å²) in [6.45, 7) is 0. The first-order chi connectivity index (χ1) is 4.77. The van der Waals surface area contributed by atoms with E-state index in [0.29, 0.717) is 0 Å². The topological polar surface area (TPSA) is 9.23 Å². The van der Waals surface area contributed by atoms with Gasteiger partial charge >= 0.3 is 0 Å². The van der Waals surface area contributed by atoms with Crippen LogP contribution in [-0.4, -0.2) is 11.4 Å². The summed E-state index contributed by atoms with van der Waals surface area (Å²) < 4.78 is 5.14. The van der Waals surface area contributed by atoms with Gasteiger partial charge in [-0.05, 0) is 22.0 Å². The van der Waals surface area contributed by atoms with E-state index in [1.807, 2.05) is 0 Å². The van der Waals surface area contributed by atoms with Crippen LogP contribution in [0.3, 0.4) is 0 Å². The van der Waals surface area contributed by atoms with Gasteiger partial charge in [-0.25, -0.2) is 0 Å². The summed E-state index contributed by atoms with van der Waals surface area (Å²) in [4.78, 5) is 0. The highest BCUT2D eigenvalue weighted by atomic mass is 33.3. The van der Waals surface area contributed by atoms with Gasteiger partial charge in [0.2, 0.25) is 0 Å². The molecule has 3 unspecified atom stereocenters. The van der Waals surface area contributed by atoms with Crippen LogP contribution in [-0.2, 0) is 24.1 Å². The van der Waals surface area contributed by atoms with E-state index < -0.39 is 8.77 Å². The summed E-state index contributed by atoms with van der Waals surface area (Å²) in [6, 6.07) is 0. The molecule has 1 saturated heterocycles. The van der Waals surface area contributed by atoms with Crippen molar-refractivity contribution in [3.05, 3.63) is 0 Å². The zero-order chi connectivity index (χ0) is 7.56. The van der Waals surface area contributed by atoms with Crippen LogP contribution in [0.4, 0.5) is 0 Å². The first kappa shape index (κ1) is 8.10. The molecular weight excluding hydrogens is 184 g/mol. The molecule has 0 aromatic rings. The lowest BCUT2D eigenvalue weighted by Gasteiger charge is -1.99. The first-order valence-corrected chi connectivity index (χ1v) is 5.93. The third-order valence-corrected chi connectivity index (χ3v) is 4.35. The van der Waals surface area contributed by atoms with Crippen molar-refractivity contribution in [3.63, 3.8) is 0 Å². The average Bonchev–Trinajstić information content (AvgIpc) is 2.30. The van der Waals surface area contributed by atoms with E-state index >= 15 is 0 Å². The van der Waals surface area contributed by atoms with E-state index in [1.165, 1.54) is 10.8 Å². The molecule has 0 spiro atoms. The normalized spacial score (nSPS) is 38.4. The quantitative estimate of drug-likeness (QED) is 0.408. The first-order valence-electron chi connectivity index (χ1n) is 2.46. The van der Waals surface area contributed by atoms with Crippen LogP contribution >= 0.6 is 10.8 Å². The summed E-state index contributed by atoms with van der Waals surface area (Å²) >= 11 is 4.87. The minimum Gasteiger partial charge on any atom is -0.285 e. The van der Waals surface area contributed by atoms with Gasteiger partial charge in [0.1, 0.15) is 5.25 Å². The van der Waals surface area contributed by atoms with Crippen LogP contribution in [0, 0.1) is 24.7 Å². The molecular formula is C6H4OS3. The van der Waals surface area contributed by atoms with E-state index in [9.17, 15) is 0 Å². The fraction of sp³-hybridized carbons (Fsp3) is 0.333. The molecule has 1 heterocycles. The van der Waals surface area contributed by atoms with Crippen molar-refractivity contribution in [3.8, 4) is 24.7 Å². The van der Waals surface area contributed by atoms with E-state index in [1.54, 1.807) is 0 Å². The molecule has 0 aromatic heterocycles. The molecule has 1 nitrogen and oxygen atoms in total. The number of terminal acetylenes is 2. The second kappa shape index (κ2) is 3.41. The van der Waals surface area contributed by atoms with Crippen molar-refractivity contribution in [2.75, 3.05) is 0 Å². The second-order valence-electron chi connectivity index (χ2n) is 1.57. The zero-order valence-electron chi connectivity index (χ0n) is 4.94. The molecule has 1 rings (SSSR count). The van der Waals surface area contributed by atoms with Gasteiger partial charge in [0.25, 0.3) is 0 Å². The Morgan fingerprint density at radius 1 is 1.50 bits per heavy atom. The molecule has 52 valence electrons. The largest absolute Gasteiger partial charge is 0.285 e. The summed E-state index contributed by atoms with van der Waals surface area (Å²) in [5.74, 6) is 4.98. The smallest absolute Gasteiger partial charge is 0.157 e. The van der Waals surface area contributed by atoms with Gasteiger partial charge in [0.15, 0.2) is 6.10 Å².